The maximum atomic E-state index is 13.0. The lowest BCUT2D eigenvalue weighted by molar-refractivity contribution is -0.113. The second-order valence-corrected chi connectivity index (χ2v) is 7.09. The van der Waals surface area contributed by atoms with Crippen molar-refractivity contribution >= 4 is 23.4 Å². The van der Waals surface area contributed by atoms with E-state index in [9.17, 15) is 9.18 Å². The van der Waals surface area contributed by atoms with Gasteiger partial charge in [0.05, 0.1) is 18.0 Å². The summed E-state index contributed by atoms with van der Waals surface area (Å²) in [6, 6.07) is 13.1. The van der Waals surface area contributed by atoms with Gasteiger partial charge in [-0.1, -0.05) is 23.9 Å². The largest absolute Gasteiger partial charge is 0.492 e. The molecule has 0 unspecified atom stereocenters. The highest BCUT2D eigenvalue weighted by molar-refractivity contribution is 7.99. The highest BCUT2D eigenvalue weighted by atomic mass is 32.2. The summed E-state index contributed by atoms with van der Waals surface area (Å²) in [5, 5.41) is 11.8. The molecular formula is C21H23FN4O3S. The molecule has 0 spiro atoms. The first kappa shape index (κ1) is 21.6. The summed E-state index contributed by atoms with van der Waals surface area (Å²) >= 11 is 1.29. The number of carbonyl (C=O) groups is 1. The van der Waals surface area contributed by atoms with Crippen LogP contribution in [0.5, 0.6) is 11.5 Å². The molecule has 0 radical (unpaired) electrons. The Kier molecular flexibility index (Phi) is 7.67. The second kappa shape index (κ2) is 10.6. The molecule has 0 bridgehead atoms. The normalized spacial score (nSPS) is 10.6. The fourth-order valence-corrected chi connectivity index (χ4v) is 3.52. The number of para-hydroxylation sites is 2. The van der Waals surface area contributed by atoms with E-state index in [0.717, 1.165) is 0 Å². The Morgan fingerprint density at radius 2 is 1.87 bits per heavy atom. The van der Waals surface area contributed by atoms with Crippen LogP contribution in [-0.4, -0.2) is 33.0 Å². The molecule has 158 valence electrons. The Bertz CT molecular complexity index is 979. The number of carbonyl (C=O) groups excluding carboxylic acids is 1. The molecule has 7 nitrogen and oxygen atoms in total. The van der Waals surface area contributed by atoms with E-state index >= 15 is 0 Å². The van der Waals surface area contributed by atoms with Gasteiger partial charge < -0.3 is 19.4 Å². The van der Waals surface area contributed by atoms with E-state index in [1.807, 2.05) is 36.6 Å². The molecule has 0 aliphatic heterocycles. The molecule has 1 heterocycles. The van der Waals surface area contributed by atoms with Gasteiger partial charge in [0.15, 0.2) is 11.0 Å². The number of thioether (sulfide) groups is 1. The number of ether oxygens (including phenoxy) is 2. The van der Waals surface area contributed by atoms with E-state index in [2.05, 4.69) is 15.5 Å². The SMILES string of the molecule is CCOc1ccccc1NC(=O)CSc1nnc(COc2ccc(F)cc2)n1CC. The molecule has 0 aliphatic rings. The molecule has 3 aromatic rings. The summed E-state index contributed by atoms with van der Waals surface area (Å²) in [6.45, 7) is 5.20. The Morgan fingerprint density at radius 3 is 2.60 bits per heavy atom. The molecule has 0 saturated heterocycles. The number of hydrogen-bond acceptors (Lipinski definition) is 6. The van der Waals surface area contributed by atoms with E-state index in [0.29, 0.717) is 41.3 Å². The van der Waals surface area contributed by atoms with Gasteiger partial charge >= 0.3 is 0 Å². The lowest BCUT2D eigenvalue weighted by Crippen LogP contribution is -2.15. The molecule has 0 fully saturated rings. The van der Waals surface area contributed by atoms with Crippen LogP contribution in [0.3, 0.4) is 0 Å². The van der Waals surface area contributed by atoms with Crippen molar-refractivity contribution in [1.82, 2.24) is 14.8 Å². The van der Waals surface area contributed by atoms with Crippen molar-refractivity contribution in [1.29, 1.82) is 0 Å². The van der Waals surface area contributed by atoms with E-state index in [1.54, 1.807) is 18.2 Å². The summed E-state index contributed by atoms with van der Waals surface area (Å²) in [5.74, 6) is 1.50. The van der Waals surface area contributed by atoms with Crippen LogP contribution in [-0.2, 0) is 17.9 Å². The van der Waals surface area contributed by atoms with Gasteiger partial charge in [-0.25, -0.2) is 4.39 Å². The number of nitrogens with zero attached hydrogens (tertiary/aromatic N) is 3. The maximum absolute atomic E-state index is 13.0. The third-order valence-electron chi connectivity index (χ3n) is 4.08. The summed E-state index contributed by atoms with van der Waals surface area (Å²) in [7, 11) is 0. The predicted molar refractivity (Wildman–Crippen MR) is 113 cm³/mol. The van der Waals surface area contributed by atoms with Crippen LogP contribution in [0.25, 0.3) is 0 Å². The molecule has 0 saturated carbocycles. The number of anilines is 1. The van der Waals surface area contributed by atoms with Gasteiger partial charge in [-0.2, -0.15) is 0 Å². The molecule has 1 aromatic heterocycles. The standard InChI is InChI=1S/C21H23FN4O3S/c1-3-26-19(13-29-16-11-9-15(22)10-12-16)24-25-21(26)30-14-20(27)23-17-7-5-6-8-18(17)28-4-2/h5-12H,3-4,13-14H2,1-2H3,(H,23,27). The lowest BCUT2D eigenvalue weighted by atomic mass is 10.3. The Balaban J connectivity index is 1.57. The maximum Gasteiger partial charge on any atom is 0.234 e. The van der Waals surface area contributed by atoms with Crippen molar-refractivity contribution in [3.05, 3.63) is 60.2 Å². The Hall–Kier alpha value is -3.07. The van der Waals surface area contributed by atoms with Crippen molar-refractivity contribution in [2.45, 2.75) is 32.2 Å². The number of halogens is 1. The van der Waals surface area contributed by atoms with Crippen molar-refractivity contribution in [2.24, 2.45) is 0 Å². The fourth-order valence-electron chi connectivity index (χ4n) is 2.70. The zero-order valence-electron chi connectivity index (χ0n) is 16.8. The van der Waals surface area contributed by atoms with Gasteiger partial charge in [0.2, 0.25) is 5.91 Å². The topological polar surface area (TPSA) is 78.3 Å². The zero-order chi connectivity index (χ0) is 21.3. The van der Waals surface area contributed by atoms with Gasteiger partial charge in [0.25, 0.3) is 0 Å². The van der Waals surface area contributed by atoms with Crippen LogP contribution in [0.15, 0.2) is 53.7 Å². The monoisotopic (exact) mass is 430 g/mol. The summed E-state index contributed by atoms with van der Waals surface area (Å²) in [6.07, 6.45) is 0. The van der Waals surface area contributed by atoms with Crippen molar-refractivity contribution in [3.63, 3.8) is 0 Å². The highest BCUT2D eigenvalue weighted by Crippen LogP contribution is 2.25. The summed E-state index contributed by atoms with van der Waals surface area (Å²) < 4.78 is 26.1. The first-order valence-corrected chi connectivity index (χ1v) is 10.5. The third-order valence-corrected chi connectivity index (χ3v) is 5.05. The van der Waals surface area contributed by atoms with Crippen LogP contribution in [0.2, 0.25) is 0 Å². The van der Waals surface area contributed by atoms with Gasteiger partial charge in [0, 0.05) is 6.54 Å². The van der Waals surface area contributed by atoms with Crippen LogP contribution in [0.4, 0.5) is 10.1 Å². The molecule has 30 heavy (non-hydrogen) atoms. The average molecular weight is 431 g/mol. The number of nitrogens with one attached hydrogen (secondary N) is 1. The Labute approximate surface area is 178 Å². The fraction of sp³-hybridized carbons (Fsp3) is 0.286. The predicted octanol–water partition coefficient (Wildman–Crippen LogP) is 4.15. The van der Waals surface area contributed by atoms with E-state index < -0.39 is 0 Å². The molecule has 1 amide bonds. The molecule has 9 heteroatoms. The zero-order valence-corrected chi connectivity index (χ0v) is 17.6. The van der Waals surface area contributed by atoms with Crippen molar-refractivity contribution in [3.8, 4) is 11.5 Å². The van der Waals surface area contributed by atoms with Crippen LogP contribution in [0.1, 0.15) is 19.7 Å². The molecule has 0 atom stereocenters. The number of aromatic nitrogens is 3. The van der Waals surface area contributed by atoms with E-state index in [4.69, 9.17) is 9.47 Å². The molecule has 3 rings (SSSR count). The molecular weight excluding hydrogens is 407 g/mol. The molecule has 0 aliphatic carbocycles. The second-order valence-electron chi connectivity index (χ2n) is 6.15. The van der Waals surface area contributed by atoms with Crippen molar-refractivity contribution in [2.75, 3.05) is 17.7 Å². The first-order valence-electron chi connectivity index (χ1n) is 9.55. The molecule has 2 aromatic carbocycles. The van der Waals surface area contributed by atoms with Gasteiger partial charge in [-0.05, 0) is 50.2 Å². The highest BCUT2D eigenvalue weighted by Gasteiger charge is 2.14. The van der Waals surface area contributed by atoms with Gasteiger partial charge in [-0.3, -0.25) is 4.79 Å². The number of hydrogen-bond donors (Lipinski definition) is 1. The molecule has 1 N–H and O–H groups in total. The van der Waals surface area contributed by atoms with Gasteiger partial charge in [0.1, 0.15) is 23.9 Å². The van der Waals surface area contributed by atoms with E-state index in [-0.39, 0.29) is 24.1 Å². The number of benzene rings is 2. The Morgan fingerprint density at radius 1 is 1.10 bits per heavy atom. The van der Waals surface area contributed by atoms with Crippen molar-refractivity contribution < 1.29 is 18.7 Å². The summed E-state index contributed by atoms with van der Waals surface area (Å²) in [4.78, 5) is 12.4. The summed E-state index contributed by atoms with van der Waals surface area (Å²) in [5.41, 5.74) is 0.635. The van der Waals surface area contributed by atoms with E-state index in [1.165, 1.54) is 23.9 Å². The van der Waals surface area contributed by atoms with Crippen LogP contribution >= 0.6 is 11.8 Å². The third kappa shape index (κ3) is 5.73. The number of rotatable bonds is 10. The minimum Gasteiger partial charge on any atom is -0.492 e. The van der Waals surface area contributed by atoms with Crippen LogP contribution in [0, 0.1) is 5.82 Å². The minimum atomic E-state index is -0.320. The smallest absolute Gasteiger partial charge is 0.234 e. The van der Waals surface area contributed by atoms with Gasteiger partial charge in [-0.15, -0.1) is 10.2 Å². The quantitative estimate of drug-likeness (QED) is 0.487. The minimum absolute atomic E-state index is 0.165. The average Bonchev–Trinajstić information content (AvgIpc) is 3.15. The van der Waals surface area contributed by atoms with Crippen LogP contribution < -0.4 is 14.8 Å². The lowest BCUT2D eigenvalue weighted by Gasteiger charge is -2.11. The number of amides is 1. The first-order chi connectivity index (χ1) is 14.6.